The van der Waals surface area contributed by atoms with Gasteiger partial charge >= 0.3 is 6.18 Å². The molecule has 0 saturated carbocycles. The second kappa shape index (κ2) is 7.44. The van der Waals surface area contributed by atoms with Crippen molar-refractivity contribution in [2.45, 2.75) is 45.9 Å². The van der Waals surface area contributed by atoms with Crippen molar-refractivity contribution < 1.29 is 23.3 Å². The molecule has 0 aliphatic rings. The molecule has 0 radical (unpaired) electrons. The summed E-state index contributed by atoms with van der Waals surface area (Å²) in [5.41, 5.74) is 5.28. The van der Waals surface area contributed by atoms with Gasteiger partial charge in [-0.2, -0.15) is 13.2 Å². The average molecular weight is 411 g/mol. The summed E-state index contributed by atoms with van der Waals surface area (Å²) < 4.78 is 76.9. The van der Waals surface area contributed by atoms with E-state index in [0.717, 1.165) is 6.07 Å². The Bertz CT molecular complexity index is 1060. The molecule has 0 aliphatic heterocycles. The van der Waals surface area contributed by atoms with Crippen LogP contribution in [0.2, 0.25) is 0 Å². The molecular formula is C22H23F5N2. The van der Waals surface area contributed by atoms with E-state index in [9.17, 15) is 22.0 Å². The van der Waals surface area contributed by atoms with E-state index < -0.39 is 24.2 Å². The Morgan fingerprint density at radius 2 is 1.72 bits per heavy atom. The zero-order chi connectivity index (χ0) is 22.5. The van der Waals surface area contributed by atoms with Gasteiger partial charge in [-0.15, -0.1) is 0 Å². The topological polar surface area (TPSA) is 30.9 Å². The highest BCUT2D eigenvalue weighted by molar-refractivity contribution is 5.89. The van der Waals surface area contributed by atoms with Crippen LogP contribution in [0.4, 0.5) is 22.0 Å². The molecule has 1 aromatic heterocycles. The maximum absolute atomic E-state index is 13.5. The normalized spacial score (nSPS) is 15.6. The lowest BCUT2D eigenvalue weighted by Gasteiger charge is -2.20. The number of rotatable bonds is 4. The minimum absolute atomic E-state index is 0.00398. The van der Waals surface area contributed by atoms with Gasteiger partial charge in [-0.1, -0.05) is 51.1 Å². The highest BCUT2D eigenvalue weighted by Gasteiger charge is 2.33. The second-order valence-corrected chi connectivity index (χ2v) is 8.26. The zero-order valence-corrected chi connectivity index (χ0v) is 16.3. The molecule has 0 fully saturated rings. The Hall–Kier alpha value is -2.41. The SMILES string of the molecule is [2H][C@](N)(c1cn(CC(C)(C)C)c2cc(-c3ccccc3C(F)(F)F)ccc12)C(F)F. The molecule has 7 heteroatoms. The molecular weight excluding hydrogens is 387 g/mol. The van der Waals surface area contributed by atoms with Gasteiger partial charge in [-0.3, -0.25) is 0 Å². The van der Waals surface area contributed by atoms with Crippen LogP contribution in [0.1, 0.15) is 39.3 Å². The molecule has 0 bridgehead atoms. The molecule has 0 unspecified atom stereocenters. The van der Waals surface area contributed by atoms with Crippen molar-refractivity contribution in [3.05, 3.63) is 59.8 Å². The van der Waals surface area contributed by atoms with E-state index in [1.807, 2.05) is 20.8 Å². The monoisotopic (exact) mass is 411 g/mol. The van der Waals surface area contributed by atoms with Crippen LogP contribution < -0.4 is 5.73 Å². The Morgan fingerprint density at radius 3 is 2.31 bits per heavy atom. The highest BCUT2D eigenvalue weighted by Crippen LogP contribution is 2.39. The maximum atomic E-state index is 13.5. The van der Waals surface area contributed by atoms with Gasteiger partial charge in [0.05, 0.1) is 13.0 Å². The third kappa shape index (κ3) is 4.45. The molecule has 0 saturated heterocycles. The fraction of sp³-hybridized carbons (Fsp3) is 0.364. The fourth-order valence-electron chi connectivity index (χ4n) is 3.43. The third-order valence-electron chi connectivity index (χ3n) is 4.62. The van der Waals surface area contributed by atoms with Crippen molar-refractivity contribution >= 4 is 10.9 Å². The van der Waals surface area contributed by atoms with Gasteiger partial charge in [0, 0.05) is 29.2 Å². The van der Waals surface area contributed by atoms with Crippen LogP contribution in [0.15, 0.2) is 48.7 Å². The highest BCUT2D eigenvalue weighted by atomic mass is 19.4. The number of alkyl halides is 5. The molecule has 1 heterocycles. The first-order valence-electron chi connectivity index (χ1n) is 9.59. The molecule has 2 aromatic carbocycles. The number of aromatic nitrogens is 1. The molecule has 1 atom stereocenters. The van der Waals surface area contributed by atoms with E-state index in [2.05, 4.69) is 0 Å². The summed E-state index contributed by atoms with van der Waals surface area (Å²) in [5.74, 6) is 0. The van der Waals surface area contributed by atoms with Crippen molar-refractivity contribution in [3.8, 4) is 11.1 Å². The van der Waals surface area contributed by atoms with E-state index in [4.69, 9.17) is 7.10 Å². The van der Waals surface area contributed by atoms with Gasteiger partial charge in [-0.25, -0.2) is 8.78 Å². The third-order valence-corrected chi connectivity index (χ3v) is 4.62. The minimum atomic E-state index is -4.53. The van der Waals surface area contributed by atoms with E-state index >= 15 is 0 Å². The molecule has 29 heavy (non-hydrogen) atoms. The van der Waals surface area contributed by atoms with Gasteiger partial charge in [0.1, 0.15) is 0 Å². The van der Waals surface area contributed by atoms with E-state index in [0.29, 0.717) is 23.0 Å². The summed E-state index contributed by atoms with van der Waals surface area (Å²) in [5, 5.41) is 0.324. The average Bonchev–Trinajstić information content (AvgIpc) is 2.97. The van der Waals surface area contributed by atoms with Crippen molar-refractivity contribution in [3.63, 3.8) is 0 Å². The van der Waals surface area contributed by atoms with Crippen molar-refractivity contribution in [2.24, 2.45) is 11.1 Å². The van der Waals surface area contributed by atoms with Gasteiger partial charge < -0.3 is 10.3 Å². The molecule has 0 aliphatic carbocycles. The van der Waals surface area contributed by atoms with E-state index in [1.165, 1.54) is 42.6 Å². The van der Waals surface area contributed by atoms with E-state index in [-0.39, 0.29) is 16.5 Å². The lowest BCUT2D eigenvalue weighted by atomic mass is 9.96. The van der Waals surface area contributed by atoms with Crippen LogP contribution in [0.25, 0.3) is 22.0 Å². The quantitative estimate of drug-likeness (QED) is 0.480. The summed E-state index contributed by atoms with van der Waals surface area (Å²) in [6.45, 7) is 6.26. The number of hydrogen-bond donors (Lipinski definition) is 1. The lowest BCUT2D eigenvalue weighted by molar-refractivity contribution is -0.137. The number of fused-ring (bicyclic) bond motifs is 1. The summed E-state index contributed by atoms with van der Waals surface area (Å²) in [6, 6.07) is 7.02. The van der Waals surface area contributed by atoms with Gasteiger partial charge in [0.15, 0.2) is 0 Å². The minimum Gasteiger partial charge on any atom is -0.347 e. The molecule has 156 valence electrons. The molecule has 2 nitrogen and oxygen atoms in total. The van der Waals surface area contributed by atoms with Crippen LogP contribution in [-0.2, 0) is 12.7 Å². The van der Waals surface area contributed by atoms with Crippen molar-refractivity contribution in [1.82, 2.24) is 4.57 Å². The first kappa shape index (κ1) is 19.9. The van der Waals surface area contributed by atoms with Crippen LogP contribution in [-0.4, -0.2) is 11.0 Å². The largest absolute Gasteiger partial charge is 0.417 e. The lowest BCUT2D eigenvalue weighted by Crippen LogP contribution is -2.19. The molecule has 3 rings (SSSR count). The second-order valence-electron chi connectivity index (χ2n) is 8.26. The molecule has 2 N–H and O–H groups in total. The van der Waals surface area contributed by atoms with Gasteiger partial charge in [0.2, 0.25) is 0 Å². The standard InChI is InChI=1S/C22H23F5N2/c1-21(2,3)12-29-11-16(19(28)20(23)24)15-9-8-13(10-18(15)29)14-6-4-5-7-17(14)22(25,26)27/h4-11,19-20H,12,28H2,1-3H3/t19-/m0/s1/i19D. The summed E-state index contributed by atoms with van der Waals surface area (Å²) >= 11 is 0. The van der Waals surface area contributed by atoms with Gasteiger partial charge in [0.25, 0.3) is 6.43 Å². The molecule has 0 amide bonds. The first-order valence-corrected chi connectivity index (χ1v) is 9.09. The fourth-order valence-corrected chi connectivity index (χ4v) is 3.43. The smallest absolute Gasteiger partial charge is 0.347 e. The Morgan fingerprint density at radius 1 is 1.07 bits per heavy atom. The molecule has 0 spiro atoms. The number of halogens is 5. The Balaban J connectivity index is 2.27. The van der Waals surface area contributed by atoms with Crippen LogP contribution in [0, 0.1) is 5.41 Å². The predicted octanol–water partition coefficient (Wildman–Crippen LogP) is 6.64. The summed E-state index contributed by atoms with van der Waals surface area (Å²) in [7, 11) is 0. The number of hydrogen-bond acceptors (Lipinski definition) is 1. The number of benzene rings is 2. The Labute approximate surface area is 167 Å². The molecule has 3 aromatic rings. The van der Waals surface area contributed by atoms with E-state index in [1.54, 1.807) is 4.57 Å². The number of nitrogens with zero attached hydrogens (tertiary/aromatic N) is 1. The van der Waals surface area contributed by atoms with Crippen molar-refractivity contribution in [2.75, 3.05) is 0 Å². The zero-order valence-electron chi connectivity index (χ0n) is 17.3. The summed E-state index contributed by atoms with van der Waals surface area (Å²) in [6.07, 6.45) is -6.25. The first-order chi connectivity index (χ1) is 13.7. The number of nitrogens with two attached hydrogens (primary N) is 1. The predicted molar refractivity (Wildman–Crippen MR) is 105 cm³/mol. The maximum Gasteiger partial charge on any atom is 0.417 e. The van der Waals surface area contributed by atoms with Crippen LogP contribution in [0.5, 0.6) is 0 Å². The van der Waals surface area contributed by atoms with Gasteiger partial charge in [-0.05, 0) is 28.7 Å². The Kier molecular flexibility index (Phi) is 5.11. The van der Waals surface area contributed by atoms with Crippen LogP contribution in [0.3, 0.4) is 0 Å². The van der Waals surface area contributed by atoms with Crippen molar-refractivity contribution in [1.29, 1.82) is 0 Å². The summed E-state index contributed by atoms with van der Waals surface area (Å²) in [4.78, 5) is 0. The van der Waals surface area contributed by atoms with Crippen LogP contribution >= 0.6 is 0 Å².